The number of sulfonamides is 1. The second-order valence-electron chi connectivity index (χ2n) is 5.69. The number of rotatable bonds is 7. The molecular formula is C16H23FN2O4S. The normalized spacial score (nSPS) is 16.8. The number of amides is 1. The minimum absolute atomic E-state index is 0.00775. The van der Waals surface area contributed by atoms with Crippen molar-refractivity contribution in [2.24, 2.45) is 0 Å². The van der Waals surface area contributed by atoms with Gasteiger partial charge in [-0.05, 0) is 44.0 Å². The maximum absolute atomic E-state index is 12.8. The molecule has 1 saturated heterocycles. The van der Waals surface area contributed by atoms with Crippen molar-refractivity contribution in [2.45, 2.75) is 32.2 Å². The predicted molar refractivity (Wildman–Crippen MR) is 88.7 cm³/mol. The van der Waals surface area contributed by atoms with Crippen molar-refractivity contribution >= 4 is 15.9 Å². The molecule has 8 heteroatoms. The van der Waals surface area contributed by atoms with E-state index in [9.17, 15) is 17.6 Å². The number of halogens is 1. The minimum atomic E-state index is -3.15. The van der Waals surface area contributed by atoms with Crippen LogP contribution in [0.15, 0.2) is 24.3 Å². The molecule has 1 amide bonds. The Morgan fingerprint density at radius 3 is 2.50 bits per heavy atom. The molecule has 0 aromatic heterocycles. The van der Waals surface area contributed by atoms with E-state index in [1.165, 1.54) is 28.6 Å². The molecule has 1 fully saturated rings. The molecule has 0 bridgehead atoms. The average Bonchev–Trinajstić information content (AvgIpc) is 2.57. The van der Waals surface area contributed by atoms with Gasteiger partial charge in [0.25, 0.3) is 0 Å². The third-order valence-electron chi connectivity index (χ3n) is 3.99. The van der Waals surface area contributed by atoms with Crippen molar-refractivity contribution in [3.05, 3.63) is 30.1 Å². The molecule has 134 valence electrons. The summed E-state index contributed by atoms with van der Waals surface area (Å²) >= 11 is 0. The Kier molecular flexibility index (Phi) is 6.56. The highest BCUT2D eigenvalue weighted by atomic mass is 32.2. The van der Waals surface area contributed by atoms with E-state index in [0.29, 0.717) is 31.7 Å². The van der Waals surface area contributed by atoms with Crippen LogP contribution in [0.25, 0.3) is 0 Å². The van der Waals surface area contributed by atoms with Crippen LogP contribution < -0.4 is 10.1 Å². The van der Waals surface area contributed by atoms with Crippen molar-refractivity contribution in [3.8, 4) is 5.75 Å². The van der Waals surface area contributed by atoms with Gasteiger partial charge in [-0.1, -0.05) is 0 Å². The fourth-order valence-electron chi connectivity index (χ4n) is 2.55. The lowest BCUT2D eigenvalue weighted by Crippen LogP contribution is -2.47. The summed E-state index contributed by atoms with van der Waals surface area (Å²) in [6.45, 7) is 2.71. The van der Waals surface area contributed by atoms with Gasteiger partial charge < -0.3 is 10.1 Å². The number of ether oxygens (including phenoxy) is 1. The fourth-order valence-corrected chi connectivity index (χ4v) is 3.69. The predicted octanol–water partition coefficient (Wildman–Crippen LogP) is 1.52. The second kappa shape index (κ2) is 8.43. The molecule has 0 aliphatic carbocycles. The molecule has 2 rings (SSSR count). The molecule has 1 aliphatic heterocycles. The van der Waals surface area contributed by atoms with E-state index in [-0.39, 0.29) is 36.5 Å². The molecule has 1 aromatic carbocycles. The van der Waals surface area contributed by atoms with Crippen LogP contribution >= 0.6 is 0 Å². The molecule has 0 unspecified atom stereocenters. The largest absolute Gasteiger partial charge is 0.493 e. The molecule has 1 aliphatic rings. The molecular weight excluding hydrogens is 335 g/mol. The number of piperidine rings is 1. The monoisotopic (exact) mass is 358 g/mol. The molecule has 0 saturated carbocycles. The Morgan fingerprint density at radius 2 is 1.92 bits per heavy atom. The zero-order valence-corrected chi connectivity index (χ0v) is 14.5. The molecule has 0 atom stereocenters. The summed E-state index contributed by atoms with van der Waals surface area (Å²) in [6.07, 6.45) is 1.43. The number of hydrogen-bond donors (Lipinski definition) is 1. The van der Waals surface area contributed by atoms with E-state index in [2.05, 4.69) is 5.32 Å². The summed E-state index contributed by atoms with van der Waals surface area (Å²) in [7, 11) is -3.15. The minimum Gasteiger partial charge on any atom is -0.493 e. The molecule has 24 heavy (non-hydrogen) atoms. The van der Waals surface area contributed by atoms with Gasteiger partial charge >= 0.3 is 0 Å². The Balaban J connectivity index is 1.67. The summed E-state index contributed by atoms with van der Waals surface area (Å²) in [5, 5.41) is 2.90. The Bertz CT molecular complexity index is 641. The first-order valence-corrected chi connectivity index (χ1v) is 9.67. The van der Waals surface area contributed by atoms with E-state index in [1.807, 2.05) is 0 Å². The molecule has 6 nitrogen and oxygen atoms in total. The third kappa shape index (κ3) is 5.45. The Hall–Kier alpha value is -1.67. The van der Waals surface area contributed by atoms with Crippen LogP contribution in [-0.2, 0) is 14.8 Å². The van der Waals surface area contributed by atoms with Gasteiger partial charge in [-0.25, -0.2) is 17.1 Å². The molecule has 0 spiro atoms. The smallest absolute Gasteiger partial charge is 0.223 e. The molecule has 0 radical (unpaired) electrons. The number of nitrogens with zero attached hydrogens (tertiary/aromatic N) is 1. The van der Waals surface area contributed by atoms with Crippen LogP contribution in [-0.4, -0.2) is 50.1 Å². The number of benzene rings is 1. The SMILES string of the molecule is CCS(=O)(=O)N1CCC(NC(=O)CCOc2ccc(F)cc2)CC1. The number of hydrogen-bond acceptors (Lipinski definition) is 4. The Morgan fingerprint density at radius 1 is 1.29 bits per heavy atom. The second-order valence-corrected chi connectivity index (χ2v) is 7.95. The van der Waals surface area contributed by atoms with Gasteiger partial charge in [0, 0.05) is 19.1 Å². The highest BCUT2D eigenvalue weighted by Gasteiger charge is 2.27. The van der Waals surface area contributed by atoms with Crippen LogP contribution in [0.2, 0.25) is 0 Å². The van der Waals surface area contributed by atoms with Gasteiger partial charge in [0.05, 0.1) is 18.8 Å². The zero-order chi connectivity index (χ0) is 17.6. The highest BCUT2D eigenvalue weighted by Crippen LogP contribution is 2.15. The summed E-state index contributed by atoms with van der Waals surface area (Å²) in [5.41, 5.74) is 0. The van der Waals surface area contributed by atoms with Gasteiger partial charge in [-0.3, -0.25) is 4.79 Å². The van der Waals surface area contributed by atoms with Crippen LogP contribution in [0, 0.1) is 5.82 Å². The average molecular weight is 358 g/mol. The lowest BCUT2D eigenvalue weighted by atomic mass is 10.1. The molecule has 1 N–H and O–H groups in total. The summed E-state index contributed by atoms with van der Waals surface area (Å²) in [4.78, 5) is 11.9. The summed E-state index contributed by atoms with van der Waals surface area (Å²) in [5.74, 6) is 0.151. The van der Waals surface area contributed by atoms with Gasteiger partial charge in [0.2, 0.25) is 15.9 Å². The molecule has 1 heterocycles. The van der Waals surface area contributed by atoms with Crippen LogP contribution in [0.3, 0.4) is 0 Å². The number of nitrogens with one attached hydrogen (secondary N) is 1. The maximum atomic E-state index is 12.8. The van der Waals surface area contributed by atoms with Gasteiger partial charge in [0.1, 0.15) is 11.6 Å². The van der Waals surface area contributed by atoms with Crippen LogP contribution in [0.4, 0.5) is 4.39 Å². The highest BCUT2D eigenvalue weighted by molar-refractivity contribution is 7.89. The van der Waals surface area contributed by atoms with E-state index in [4.69, 9.17) is 4.74 Å². The van der Waals surface area contributed by atoms with Crippen molar-refractivity contribution in [2.75, 3.05) is 25.4 Å². The van der Waals surface area contributed by atoms with Crippen molar-refractivity contribution in [3.63, 3.8) is 0 Å². The fraction of sp³-hybridized carbons (Fsp3) is 0.562. The van der Waals surface area contributed by atoms with Gasteiger partial charge in [-0.2, -0.15) is 0 Å². The first-order valence-electron chi connectivity index (χ1n) is 8.06. The first kappa shape index (κ1) is 18.7. The van der Waals surface area contributed by atoms with Crippen molar-refractivity contribution in [1.29, 1.82) is 0 Å². The zero-order valence-electron chi connectivity index (χ0n) is 13.7. The van der Waals surface area contributed by atoms with Gasteiger partial charge in [-0.15, -0.1) is 0 Å². The van der Waals surface area contributed by atoms with E-state index < -0.39 is 10.0 Å². The standard InChI is InChI=1S/C16H23FN2O4S/c1-2-24(21,22)19-10-7-14(8-11-19)18-16(20)9-12-23-15-5-3-13(17)4-6-15/h3-6,14H,2,7-12H2,1H3,(H,18,20). The third-order valence-corrected chi connectivity index (χ3v) is 5.87. The van der Waals surface area contributed by atoms with E-state index >= 15 is 0 Å². The summed E-state index contributed by atoms with van der Waals surface area (Å²) < 4.78 is 43.2. The maximum Gasteiger partial charge on any atom is 0.223 e. The Labute approximate surface area is 142 Å². The molecule has 1 aromatic rings. The lowest BCUT2D eigenvalue weighted by molar-refractivity contribution is -0.122. The van der Waals surface area contributed by atoms with Crippen LogP contribution in [0.1, 0.15) is 26.2 Å². The topological polar surface area (TPSA) is 75.7 Å². The van der Waals surface area contributed by atoms with Gasteiger partial charge in [0.15, 0.2) is 0 Å². The van der Waals surface area contributed by atoms with Crippen LogP contribution in [0.5, 0.6) is 5.75 Å². The number of carbonyl (C=O) groups excluding carboxylic acids is 1. The number of carbonyl (C=O) groups is 1. The van der Waals surface area contributed by atoms with E-state index in [1.54, 1.807) is 6.92 Å². The quantitative estimate of drug-likeness (QED) is 0.802. The van der Waals surface area contributed by atoms with E-state index in [0.717, 1.165) is 0 Å². The lowest BCUT2D eigenvalue weighted by Gasteiger charge is -2.31. The van der Waals surface area contributed by atoms with Crippen molar-refractivity contribution in [1.82, 2.24) is 9.62 Å². The van der Waals surface area contributed by atoms with Crippen molar-refractivity contribution < 1.29 is 22.3 Å². The summed E-state index contributed by atoms with van der Waals surface area (Å²) in [6, 6.07) is 5.61. The first-order chi connectivity index (χ1) is 11.4.